The summed E-state index contributed by atoms with van der Waals surface area (Å²) in [6.07, 6.45) is -0.372. The van der Waals surface area contributed by atoms with Gasteiger partial charge in [0.2, 0.25) is 0 Å². The molecule has 1 atom stereocenters. The van der Waals surface area contributed by atoms with Gasteiger partial charge in [0, 0.05) is 6.04 Å². The number of carboxylic acids is 1. The van der Waals surface area contributed by atoms with E-state index in [9.17, 15) is 14.7 Å². The molecule has 0 aliphatic carbocycles. The van der Waals surface area contributed by atoms with Crippen molar-refractivity contribution in [2.24, 2.45) is 5.73 Å². The number of esters is 1. The molecule has 0 bridgehead atoms. The summed E-state index contributed by atoms with van der Waals surface area (Å²) in [5, 5.41) is 9.32. The molecule has 0 saturated carbocycles. The first kappa shape index (κ1) is 19.7. The number of carboxylic acid groups (broad SMARTS) is 1. The van der Waals surface area contributed by atoms with E-state index in [1.165, 1.54) is 0 Å². The zero-order valence-electron chi connectivity index (χ0n) is 15.3. The van der Waals surface area contributed by atoms with E-state index in [4.69, 9.17) is 10.5 Å². The molecule has 0 amide bonds. The lowest BCUT2D eigenvalue weighted by Crippen LogP contribution is -2.55. The van der Waals surface area contributed by atoms with Gasteiger partial charge in [0.25, 0.3) is 0 Å². The van der Waals surface area contributed by atoms with Gasteiger partial charge >= 0.3 is 11.9 Å². The molecule has 0 aromatic heterocycles. The molecule has 0 spiro atoms. The maximum absolute atomic E-state index is 13.4. The highest BCUT2D eigenvalue weighted by molar-refractivity contribution is 5.90. The summed E-state index contributed by atoms with van der Waals surface area (Å²) in [6.45, 7) is 5.32. The molecular formula is C21H25NO4. The van der Waals surface area contributed by atoms with Gasteiger partial charge in [-0.05, 0) is 31.9 Å². The smallest absolute Gasteiger partial charge is 0.323 e. The molecule has 0 aliphatic rings. The summed E-state index contributed by atoms with van der Waals surface area (Å²) >= 11 is 0. The Morgan fingerprint density at radius 3 is 1.73 bits per heavy atom. The molecule has 2 rings (SSSR count). The van der Waals surface area contributed by atoms with Gasteiger partial charge in [-0.1, -0.05) is 60.7 Å². The van der Waals surface area contributed by atoms with Crippen molar-refractivity contribution in [3.05, 3.63) is 71.8 Å². The van der Waals surface area contributed by atoms with Gasteiger partial charge in [-0.15, -0.1) is 0 Å². The van der Waals surface area contributed by atoms with E-state index >= 15 is 0 Å². The minimum Gasteiger partial charge on any atom is -0.481 e. The zero-order chi connectivity index (χ0) is 19.4. The second-order valence-corrected chi connectivity index (χ2v) is 7.25. The van der Waals surface area contributed by atoms with Crippen molar-refractivity contribution in [2.45, 2.75) is 44.2 Å². The van der Waals surface area contributed by atoms with Gasteiger partial charge in [-0.2, -0.15) is 0 Å². The number of carbonyl (C=O) groups is 2. The van der Waals surface area contributed by atoms with Crippen LogP contribution in [0.3, 0.4) is 0 Å². The number of nitrogens with two attached hydrogens (primary N) is 1. The predicted octanol–water partition coefficient (Wildman–Crippen LogP) is 3.12. The second kappa shape index (κ2) is 7.70. The molecule has 3 N–H and O–H groups in total. The summed E-state index contributed by atoms with van der Waals surface area (Å²) in [4.78, 5) is 24.8. The first-order chi connectivity index (χ1) is 12.2. The molecule has 5 nitrogen and oxygen atoms in total. The fraction of sp³-hybridized carbons (Fsp3) is 0.333. The summed E-state index contributed by atoms with van der Waals surface area (Å²) in [6, 6.07) is 17.0. The van der Waals surface area contributed by atoms with Crippen molar-refractivity contribution in [3.63, 3.8) is 0 Å². The highest BCUT2D eigenvalue weighted by atomic mass is 16.6. The van der Waals surface area contributed by atoms with E-state index in [-0.39, 0.29) is 6.42 Å². The monoisotopic (exact) mass is 355 g/mol. The van der Waals surface area contributed by atoms with Crippen molar-refractivity contribution >= 4 is 11.9 Å². The van der Waals surface area contributed by atoms with E-state index in [1.807, 2.05) is 12.1 Å². The van der Waals surface area contributed by atoms with Crippen LogP contribution in [0.5, 0.6) is 0 Å². The molecule has 0 radical (unpaired) electrons. The molecule has 0 aliphatic heterocycles. The van der Waals surface area contributed by atoms with E-state index < -0.39 is 29.0 Å². The van der Waals surface area contributed by atoms with Crippen LogP contribution in [0.25, 0.3) is 0 Å². The Bertz CT molecular complexity index is 711. The molecule has 5 heteroatoms. The normalized spacial score (nSPS) is 13.1. The first-order valence-electron chi connectivity index (χ1n) is 8.50. The number of ether oxygens (including phenoxy) is 1. The molecule has 0 heterocycles. The van der Waals surface area contributed by atoms with Crippen molar-refractivity contribution in [1.29, 1.82) is 0 Å². The summed E-state index contributed by atoms with van der Waals surface area (Å²) < 4.78 is 5.70. The Kier molecular flexibility index (Phi) is 5.83. The molecule has 0 fully saturated rings. The topological polar surface area (TPSA) is 89.6 Å². The minimum absolute atomic E-state index is 0.372. The molecule has 138 valence electrons. The predicted molar refractivity (Wildman–Crippen MR) is 99.7 cm³/mol. The highest BCUT2D eigenvalue weighted by Gasteiger charge is 2.50. The van der Waals surface area contributed by atoms with E-state index in [0.29, 0.717) is 11.1 Å². The lowest BCUT2D eigenvalue weighted by molar-refractivity contribution is -0.161. The number of benzene rings is 2. The third-order valence-corrected chi connectivity index (χ3v) is 4.13. The number of rotatable bonds is 6. The lowest BCUT2D eigenvalue weighted by atomic mass is 9.68. The molecule has 0 saturated heterocycles. The van der Waals surface area contributed by atoms with Crippen LogP contribution in [-0.4, -0.2) is 28.7 Å². The van der Waals surface area contributed by atoms with Gasteiger partial charge in [-0.25, -0.2) is 0 Å². The molecule has 26 heavy (non-hydrogen) atoms. The zero-order valence-corrected chi connectivity index (χ0v) is 15.3. The first-order valence-corrected chi connectivity index (χ1v) is 8.50. The highest BCUT2D eigenvalue weighted by Crippen LogP contribution is 2.38. The van der Waals surface area contributed by atoms with Crippen molar-refractivity contribution < 1.29 is 19.4 Å². The molecule has 0 unspecified atom stereocenters. The largest absolute Gasteiger partial charge is 0.481 e. The third kappa shape index (κ3) is 4.11. The van der Waals surface area contributed by atoms with E-state index in [0.717, 1.165) is 0 Å². The van der Waals surface area contributed by atoms with Gasteiger partial charge in [0.15, 0.2) is 0 Å². The van der Waals surface area contributed by atoms with Crippen molar-refractivity contribution in [2.75, 3.05) is 0 Å². The van der Waals surface area contributed by atoms with Crippen LogP contribution >= 0.6 is 0 Å². The quantitative estimate of drug-likeness (QED) is 0.777. The molecular weight excluding hydrogens is 330 g/mol. The average Bonchev–Trinajstić information content (AvgIpc) is 2.55. The Morgan fingerprint density at radius 2 is 1.38 bits per heavy atom. The Hall–Kier alpha value is -2.66. The van der Waals surface area contributed by atoms with Crippen LogP contribution in [-0.2, 0) is 19.7 Å². The standard InChI is InChI=1S/C21H25NO4/c1-20(2,3)26-19(25)21(17(22)14-18(23)24,15-10-6-4-7-11-15)16-12-8-5-9-13-16/h4-13,17H,14,22H2,1-3H3,(H,23,24)/t17-/m1/s1. The van der Waals surface area contributed by atoms with Crippen LogP contribution < -0.4 is 5.73 Å². The van der Waals surface area contributed by atoms with Crippen LogP contribution in [0.2, 0.25) is 0 Å². The Morgan fingerprint density at radius 1 is 0.962 bits per heavy atom. The minimum atomic E-state index is -1.42. The van der Waals surface area contributed by atoms with E-state index in [1.54, 1.807) is 69.3 Å². The van der Waals surface area contributed by atoms with Gasteiger partial charge in [0.05, 0.1) is 6.42 Å². The second-order valence-electron chi connectivity index (χ2n) is 7.25. The van der Waals surface area contributed by atoms with E-state index in [2.05, 4.69) is 0 Å². The number of hydrogen-bond acceptors (Lipinski definition) is 4. The van der Waals surface area contributed by atoms with Gasteiger partial charge < -0.3 is 15.6 Å². The maximum atomic E-state index is 13.4. The summed E-state index contributed by atoms with van der Waals surface area (Å²) in [5.74, 6) is -1.63. The number of hydrogen-bond donors (Lipinski definition) is 2. The third-order valence-electron chi connectivity index (χ3n) is 4.13. The van der Waals surface area contributed by atoms with Crippen LogP contribution in [0.4, 0.5) is 0 Å². The van der Waals surface area contributed by atoms with Crippen LogP contribution in [0.15, 0.2) is 60.7 Å². The van der Waals surface area contributed by atoms with Crippen molar-refractivity contribution in [3.8, 4) is 0 Å². The fourth-order valence-corrected chi connectivity index (χ4v) is 3.08. The van der Waals surface area contributed by atoms with Crippen LogP contribution in [0, 0.1) is 0 Å². The summed E-state index contributed by atoms with van der Waals surface area (Å²) in [5.41, 5.74) is 5.40. The molecule has 2 aromatic carbocycles. The fourth-order valence-electron chi connectivity index (χ4n) is 3.08. The number of carbonyl (C=O) groups excluding carboxylic acids is 1. The number of aliphatic carboxylic acids is 1. The van der Waals surface area contributed by atoms with Crippen LogP contribution in [0.1, 0.15) is 38.3 Å². The SMILES string of the molecule is CC(C)(C)OC(=O)C(c1ccccc1)(c1ccccc1)[C@H](N)CC(=O)O. The Balaban J connectivity index is 2.75. The summed E-state index contributed by atoms with van der Waals surface area (Å²) in [7, 11) is 0. The Labute approximate surface area is 153 Å². The lowest BCUT2D eigenvalue weighted by Gasteiger charge is -2.39. The molecule has 2 aromatic rings. The van der Waals surface area contributed by atoms with Crippen molar-refractivity contribution in [1.82, 2.24) is 0 Å². The average molecular weight is 355 g/mol. The van der Waals surface area contributed by atoms with Gasteiger partial charge in [-0.3, -0.25) is 9.59 Å². The van der Waals surface area contributed by atoms with Gasteiger partial charge in [0.1, 0.15) is 11.0 Å². The maximum Gasteiger partial charge on any atom is 0.323 e.